The second-order valence-electron chi connectivity index (χ2n) is 4.34. The quantitative estimate of drug-likeness (QED) is 0.631. The van der Waals surface area contributed by atoms with Crippen molar-refractivity contribution >= 4 is 21.2 Å². The van der Waals surface area contributed by atoms with E-state index in [0.717, 1.165) is 6.07 Å². The molecule has 20 heavy (non-hydrogen) atoms. The van der Waals surface area contributed by atoms with Crippen molar-refractivity contribution < 1.29 is 13.3 Å². The van der Waals surface area contributed by atoms with E-state index in [4.69, 9.17) is 5.26 Å². The van der Waals surface area contributed by atoms with E-state index < -0.39 is 20.8 Å². The van der Waals surface area contributed by atoms with Gasteiger partial charge in [-0.05, 0) is 13.0 Å². The first-order valence-corrected chi connectivity index (χ1v) is 7.76. The summed E-state index contributed by atoms with van der Waals surface area (Å²) in [6.07, 6.45) is 0. The van der Waals surface area contributed by atoms with Gasteiger partial charge in [-0.15, -0.1) is 0 Å². The summed E-state index contributed by atoms with van der Waals surface area (Å²) in [5.41, 5.74) is 0.317. The van der Waals surface area contributed by atoms with Gasteiger partial charge in [0.25, 0.3) is 5.69 Å². The number of benzene rings is 1. The second-order valence-corrected chi connectivity index (χ2v) is 6.74. The molecule has 1 N–H and O–H groups in total. The highest BCUT2D eigenvalue weighted by Crippen LogP contribution is 2.22. The number of rotatable bonds is 6. The third-order valence-electron chi connectivity index (χ3n) is 2.68. The maximum absolute atomic E-state index is 11.5. The van der Waals surface area contributed by atoms with Crippen LogP contribution in [0.3, 0.4) is 0 Å². The highest BCUT2D eigenvalue weighted by Gasteiger charge is 2.16. The molecule has 7 nitrogen and oxygen atoms in total. The minimum atomic E-state index is -3.13. The molecule has 1 aromatic carbocycles. The summed E-state index contributed by atoms with van der Waals surface area (Å²) in [5, 5.41) is 22.5. The van der Waals surface area contributed by atoms with E-state index in [1.807, 2.05) is 6.07 Å². The van der Waals surface area contributed by atoms with Crippen LogP contribution in [0.5, 0.6) is 0 Å². The number of nitrogens with zero attached hydrogens (tertiary/aromatic N) is 2. The minimum Gasteiger partial charge on any atom is -0.380 e. The van der Waals surface area contributed by atoms with Gasteiger partial charge < -0.3 is 5.32 Å². The molecule has 0 radical (unpaired) electrons. The van der Waals surface area contributed by atoms with Crippen LogP contribution in [-0.2, 0) is 9.84 Å². The fourth-order valence-electron chi connectivity index (χ4n) is 1.67. The Hall–Kier alpha value is -2.14. The standard InChI is InChI=1S/C12H15N3O4S/c1-3-20(18,19)8-9(2)14-12-5-4-11(15(16)17)6-10(12)7-13/h4-6,9,14H,3,8H2,1-2H3/t9-/m0/s1. The van der Waals surface area contributed by atoms with Crippen molar-refractivity contribution in [2.45, 2.75) is 19.9 Å². The molecule has 1 rings (SSSR count). The molecule has 0 amide bonds. The van der Waals surface area contributed by atoms with Gasteiger partial charge in [-0.3, -0.25) is 10.1 Å². The molecule has 0 aromatic heterocycles. The number of non-ortho nitro benzene ring substituents is 1. The third kappa shape index (κ3) is 4.20. The molecule has 0 unspecified atom stereocenters. The molecule has 0 saturated heterocycles. The van der Waals surface area contributed by atoms with Gasteiger partial charge in [0.05, 0.1) is 21.9 Å². The van der Waals surface area contributed by atoms with Gasteiger partial charge in [-0.25, -0.2) is 8.42 Å². The normalized spacial score (nSPS) is 12.4. The summed E-state index contributed by atoms with van der Waals surface area (Å²) < 4.78 is 23.0. The molecule has 0 heterocycles. The van der Waals surface area contributed by atoms with E-state index >= 15 is 0 Å². The van der Waals surface area contributed by atoms with E-state index in [1.165, 1.54) is 12.1 Å². The molecule has 1 aromatic rings. The molecule has 0 bridgehead atoms. The number of sulfone groups is 1. The first kappa shape index (κ1) is 15.9. The molecular formula is C12H15N3O4S. The molecule has 1 atom stereocenters. The summed E-state index contributed by atoms with van der Waals surface area (Å²) in [6, 6.07) is 5.29. The predicted molar refractivity (Wildman–Crippen MR) is 75.2 cm³/mol. The molecule has 0 spiro atoms. The van der Waals surface area contributed by atoms with E-state index in [-0.39, 0.29) is 22.8 Å². The van der Waals surface area contributed by atoms with Crippen molar-refractivity contribution in [2.75, 3.05) is 16.8 Å². The maximum atomic E-state index is 11.5. The Labute approximate surface area is 117 Å². The topological polar surface area (TPSA) is 113 Å². The van der Waals surface area contributed by atoms with Crippen molar-refractivity contribution in [3.8, 4) is 6.07 Å². The Kier molecular flexibility index (Phi) is 5.05. The molecule has 8 heteroatoms. The van der Waals surface area contributed by atoms with E-state index in [9.17, 15) is 18.5 Å². The fraction of sp³-hybridized carbons (Fsp3) is 0.417. The van der Waals surface area contributed by atoms with Gasteiger partial charge in [0.1, 0.15) is 6.07 Å². The van der Waals surface area contributed by atoms with Crippen LogP contribution in [-0.4, -0.2) is 30.9 Å². The SMILES string of the molecule is CCS(=O)(=O)C[C@H](C)Nc1ccc([N+](=O)[O-])cc1C#N. The average molecular weight is 297 g/mol. The molecule has 0 aliphatic carbocycles. The Morgan fingerprint density at radius 2 is 2.15 bits per heavy atom. The molecule has 0 aliphatic rings. The van der Waals surface area contributed by atoms with Gasteiger partial charge in [0.15, 0.2) is 9.84 Å². The van der Waals surface area contributed by atoms with Gasteiger partial charge in [0.2, 0.25) is 0 Å². The number of nitriles is 1. The number of nitro groups is 1. The first-order chi connectivity index (χ1) is 9.29. The van der Waals surface area contributed by atoms with Gasteiger partial charge >= 0.3 is 0 Å². The fourth-order valence-corrected chi connectivity index (χ4v) is 2.75. The number of anilines is 1. The number of hydrogen-bond donors (Lipinski definition) is 1. The lowest BCUT2D eigenvalue weighted by Crippen LogP contribution is -2.27. The van der Waals surface area contributed by atoms with Crippen LogP contribution in [0.25, 0.3) is 0 Å². The number of hydrogen-bond acceptors (Lipinski definition) is 6. The smallest absolute Gasteiger partial charge is 0.270 e. The second kappa shape index (κ2) is 6.34. The first-order valence-electron chi connectivity index (χ1n) is 5.94. The molecular weight excluding hydrogens is 282 g/mol. The van der Waals surface area contributed by atoms with Crippen LogP contribution >= 0.6 is 0 Å². The van der Waals surface area contributed by atoms with Gasteiger partial charge in [-0.1, -0.05) is 6.92 Å². The van der Waals surface area contributed by atoms with Crippen molar-refractivity contribution in [1.29, 1.82) is 5.26 Å². The van der Waals surface area contributed by atoms with Gasteiger partial charge in [0, 0.05) is 23.9 Å². The summed E-state index contributed by atoms with van der Waals surface area (Å²) in [6.45, 7) is 3.24. The van der Waals surface area contributed by atoms with Crippen LogP contribution in [0, 0.1) is 21.4 Å². The zero-order chi connectivity index (χ0) is 15.3. The van der Waals surface area contributed by atoms with Crippen LogP contribution in [0.1, 0.15) is 19.4 Å². The summed E-state index contributed by atoms with van der Waals surface area (Å²) in [4.78, 5) is 10.0. The Balaban J connectivity index is 2.93. The number of nitrogens with one attached hydrogen (secondary N) is 1. The van der Waals surface area contributed by atoms with Crippen molar-refractivity contribution in [2.24, 2.45) is 0 Å². The van der Waals surface area contributed by atoms with Crippen molar-refractivity contribution in [3.05, 3.63) is 33.9 Å². The summed E-state index contributed by atoms with van der Waals surface area (Å²) in [5.74, 6) is -0.0181. The number of nitro benzene ring substituents is 1. The highest BCUT2D eigenvalue weighted by molar-refractivity contribution is 7.91. The lowest BCUT2D eigenvalue weighted by molar-refractivity contribution is -0.384. The molecule has 0 aliphatic heterocycles. The lowest BCUT2D eigenvalue weighted by atomic mass is 10.1. The van der Waals surface area contributed by atoms with E-state index in [2.05, 4.69) is 5.32 Å². The Bertz CT molecular complexity index is 649. The van der Waals surface area contributed by atoms with Gasteiger partial charge in [-0.2, -0.15) is 5.26 Å². The maximum Gasteiger partial charge on any atom is 0.270 e. The lowest BCUT2D eigenvalue weighted by Gasteiger charge is -2.15. The highest BCUT2D eigenvalue weighted by atomic mass is 32.2. The summed E-state index contributed by atoms with van der Waals surface area (Å²) >= 11 is 0. The van der Waals surface area contributed by atoms with E-state index in [0.29, 0.717) is 5.69 Å². The van der Waals surface area contributed by atoms with Crippen LogP contribution in [0.15, 0.2) is 18.2 Å². The minimum absolute atomic E-state index is 0.0460. The van der Waals surface area contributed by atoms with Crippen LogP contribution in [0.4, 0.5) is 11.4 Å². The monoisotopic (exact) mass is 297 g/mol. The molecule has 0 fully saturated rings. The van der Waals surface area contributed by atoms with Crippen molar-refractivity contribution in [3.63, 3.8) is 0 Å². The van der Waals surface area contributed by atoms with E-state index in [1.54, 1.807) is 13.8 Å². The molecule has 108 valence electrons. The Morgan fingerprint density at radius 3 is 2.65 bits per heavy atom. The zero-order valence-electron chi connectivity index (χ0n) is 11.2. The van der Waals surface area contributed by atoms with Crippen LogP contribution in [0.2, 0.25) is 0 Å². The Morgan fingerprint density at radius 1 is 1.50 bits per heavy atom. The third-order valence-corrected chi connectivity index (χ3v) is 4.57. The largest absolute Gasteiger partial charge is 0.380 e. The molecule has 0 saturated carbocycles. The zero-order valence-corrected chi connectivity index (χ0v) is 12.0. The average Bonchev–Trinajstić information content (AvgIpc) is 2.38. The van der Waals surface area contributed by atoms with Crippen LogP contribution < -0.4 is 5.32 Å². The summed E-state index contributed by atoms with van der Waals surface area (Å²) in [7, 11) is -3.13. The predicted octanol–water partition coefficient (Wildman–Crippen LogP) is 1.70. The van der Waals surface area contributed by atoms with Crippen molar-refractivity contribution in [1.82, 2.24) is 0 Å².